The van der Waals surface area contributed by atoms with Crippen LogP contribution in [0.4, 0.5) is 11.4 Å². The zero-order valence-electron chi connectivity index (χ0n) is 15.9. The van der Waals surface area contributed by atoms with E-state index in [0.717, 1.165) is 4.90 Å². The van der Waals surface area contributed by atoms with Crippen molar-refractivity contribution in [2.24, 2.45) is 11.0 Å². The second-order valence-corrected chi connectivity index (χ2v) is 7.90. The summed E-state index contributed by atoms with van der Waals surface area (Å²) in [5, 5.41) is 6.76. The number of ketones is 1. The maximum atomic E-state index is 13.4. The molecule has 0 aliphatic carbocycles. The number of amides is 2. The second-order valence-electron chi connectivity index (χ2n) is 7.09. The van der Waals surface area contributed by atoms with Crippen molar-refractivity contribution in [1.82, 2.24) is 0 Å². The van der Waals surface area contributed by atoms with Crippen molar-refractivity contribution in [2.45, 2.75) is 26.8 Å². The van der Waals surface area contributed by atoms with Crippen molar-refractivity contribution in [3.8, 4) is 0 Å². The van der Waals surface area contributed by atoms with Crippen LogP contribution in [0, 0.1) is 19.8 Å². The van der Waals surface area contributed by atoms with E-state index in [0.29, 0.717) is 32.5 Å². The molecule has 6 nitrogen and oxygen atoms in total. The largest absolute Gasteiger partial charge is 0.293 e. The topological polar surface area (TPSA) is 70.1 Å². The van der Waals surface area contributed by atoms with E-state index in [9.17, 15) is 14.4 Å². The van der Waals surface area contributed by atoms with E-state index in [1.54, 1.807) is 50.2 Å². The van der Waals surface area contributed by atoms with Gasteiger partial charge in [0.15, 0.2) is 5.78 Å². The minimum absolute atomic E-state index is 0.0647. The molecule has 2 unspecified atom stereocenters. The summed E-state index contributed by atoms with van der Waals surface area (Å²) in [6, 6.07) is 9.31. The van der Waals surface area contributed by atoms with E-state index in [4.69, 9.17) is 23.2 Å². The van der Waals surface area contributed by atoms with Crippen LogP contribution in [0.5, 0.6) is 0 Å². The molecule has 8 heteroatoms. The number of nitrogens with zero attached hydrogens (tertiary/aromatic N) is 3. The van der Waals surface area contributed by atoms with Gasteiger partial charge in [0.25, 0.3) is 5.91 Å². The van der Waals surface area contributed by atoms with Crippen LogP contribution in [-0.4, -0.2) is 29.4 Å². The third-order valence-corrected chi connectivity index (χ3v) is 6.19. The van der Waals surface area contributed by atoms with E-state index < -0.39 is 23.8 Å². The molecule has 4 rings (SSSR count). The van der Waals surface area contributed by atoms with Gasteiger partial charge in [0.2, 0.25) is 5.91 Å². The predicted octanol–water partition coefficient (Wildman–Crippen LogP) is 3.93. The zero-order valence-corrected chi connectivity index (χ0v) is 17.5. The highest BCUT2D eigenvalue weighted by atomic mass is 35.5. The van der Waals surface area contributed by atoms with Gasteiger partial charge in [-0.3, -0.25) is 19.4 Å². The number of carbonyl (C=O) groups excluding carboxylic acids is 3. The summed E-state index contributed by atoms with van der Waals surface area (Å²) in [7, 11) is 0. The molecule has 0 aromatic heterocycles. The molecule has 2 atom stereocenters. The maximum Gasteiger partial charge on any atom is 0.259 e. The normalized spacial score (nSPS) is 20.9. The van der Waals surface area contributed by atoms with Gasteiger partial charge in [-0.15, -0.1) is 0 Å². The molecule has 0 radical (unpaired) electrons. The Labute approximate surface area is 177 Å². The summed E-state index contributed by atoms with van der Waals surface area (Å²) in [6.07, 6.45) is 0. The first-order chi connectivity index (χ1) is 13.7. The fourth-order valence-electron chi connectivity index (χ4n) is 3.82. The third kappa shape index (κ3) is 2.86. The fourth-order valence-corrected chi connectivity index (χ4v) is 4.16. The summed E-state index contributed by atoms with van der Waals surface area (Å²) in [5.41, 5.74) is 2.37. The van der Waals surface area contributed by atoms with Crippen LogP contribution >= 0.6 is 23.2 Å². The standard InChI is InChI=1S/C21H17Cl2N3O3/c1-10-13(22)6-4-8-15(10)25-20(28)17-18(12(3)27)24-26(19(17)21(25)29)16-9-5-7-14(23)11(16)2/h4-9,17,19H,1-3H3. The number of hydrazone groups is 1. The van der Waals surface area contributed by atoms with Crippen LogP contribution in [0.3, 0.4) is 0 Å². The zero-order chi connectivity index (χ0) is 21.0. The number of hydrogen-bond donors (Lipinski definition) is 0. The maximum absolute atomic E-state index is 13.4. The Balaban J connectivity index is 1.87. The molecule has 0 bridgehead atoms. The third-order valence-electron chi connectivity index (χ3n) is 5.38. The van der Waals surface area contributed by atoms with Crippen LogP contribution in [0.1, 0.15) is 18.1 Å². The number of fused-ring (bicyclic) bond motifs is 1. The summed E-state index contributed by atoms with van der Waals surface area (Å²) in [5.74, 6) is -2.27. The Bertz CT molecular complexity index is 1110. The molecule has 29 heavy (non-hydrogen) atoms. The first-order valence-electron chi connectivity index (χ1n) is 9.00. The lowest BCUT2D eigenvalue weighted by molar-refractivity contribution is -0.122. The lowest BCUT2D eigenvalue weighted by atomic mass is 9.95. The molecule has 2 amide bonds. The number of rotatable bonds is 3. The van der Waals surface area contributed by atoms with Gasteiger partial charge in [-0.2, -0.15) is 5.10 Å². The summed E-state index contributed by atoms with van der Waals surface area (Å²) < 4.78 is 0. The van der Waals surface area contributed by atoms with Crippen molar-refractivity contribution >= 4 is 57.9 Å². The van der Waals surface area contributed by atoms with Gasteiger partial charge in [-0.1, -0.05) is 35.3 Å². The number of carbonyl (C=O) groups is 3. The molecule has 1 fully saturated rings. The van der Waals surface area contributed by atoms with Crippen molar-refractivity contribution in [3.63, 3.8) is 0 Å². The van der Waals surface area contributed by atoms with Gasteiger partial charge in [-0.25, -0.2) is 4.90 Å². The Hall–Kier alpha value is -2.70. The summed E-state index contributed by atoms with van der Waals surface area (Å²) >= 11 is 12.4. The Kier molecular flexibility index (Phi) is 4.71. The van der Waals surface area contributed by atoms with E-state index in [2.05, 4.69) is 5.10 Å². The molecule has 2 aliphatic rings. The average molecular weight is 430 g/mol. The van der Waals surface area contributed by atoms with E-state index >= 15 is 0 Å². The van der Waals surface area contributed by atoms with E-state index in [1.165, 1.54) is 11.9 Å². The van der Waals surface area contributed by atoms with Gasteiger partial charge in [0.05, 0.1) is 11.4 Å². The van der Waals surface area contributed by atoms with Crippen molar-refractivity contribution in [2.75, 3.05) is 9.91 Å². The molecule has 2 aliphatic heterocycles. The van der Waals surface area contributed by atoms with Gasteiger partial charge in [0, 0.05) is 17.0 Å². The molecule has 2 aromatic rings. The number of Topliss-reactive ketones (excluding diaryl/α,β-unsaturated/α-hetero) is 1. The van der Waals surface area contributed by atoms with Crippen LogP contribution in [-0.2, 0) is 14.4 Å². The number of halogens is 2. The second kappa shape index (κ2) is 6.97. The van der Waals surface area contributed by atoms with Crippen molar-refractivity contribution in [3.05, 3.63) is 57.6 Å². The molecule has 0 N–H and O–H groups in total. The van der Waals surface area contributed by atoms with Gasteiger partial charge in [0.1, 0.15) is 17.7 Å². The lowest BCUT2D eigenvalue weighted by Gasteiger charge is -2.24. The predicted molar refractivity (Wildman–Crippen MR) is 113 cm³/mol. The number of imide groups is 1. The van der Waals surface area contributed by atoms with Crippen LogP contribution in [0.15, 0.2) is 41.5 Å². The SMILES string of the molecule is CC(=O)C1=NN(c2cccc(Cl)c2C)C2C(=O)N(c3cccc(Cl)c3C)C(=O)C12. The quantitative estimate of drug-likeness (QED) is 0.692. The van der Waals surface area contributed by atoms with Crippen molar-refractivity contribution < 1.29 is 14.4 Å². The molecule has 0 saturated carbocycles. The molecule has 2 aromatic carbocycles. The monoisotopic (exact) mass is 429 g/mol. The minimum Gasteiger partial charge on any atom is -0.293 e. The Morgan fingerprint density at radius 3 is 2.07 bits per heavy atom. The number of benzene rings is 2. The Morgan fingerprint density at radius 1 is 0.931 bits per heavy atom. The summed E-state index contributed by atoms with van der Waals surface area (Å²) in [6.45, 7) is 4.88. The van der Waals surface area contributed by atoms with Crippen LogP contribution < -0.4 is 9.91 Å². The number of hydrogen-bond acceptors (Lipinski definition) is 5. The highest BCUT2D eigenvalue weighted by Crippen LogP contribution is 2.41. The molecular weight excluding hydrogens is 413 g/mol. The molecule has 2 heterocycles. The van der Waals surface area contributed by atoms with Crippen LogP contribution in [0.25, 0.3) is 0 Å². The molecular formula is C21H17Cl2N3O3. The summed E-state index contributed by atoms with van der Waals surface area (Å²) in [4.78, 5) is 40.1. The van der Waals surface area contributed by atoms with E-state index in [-0.39, 0.29) is 11.5 Å². The highest BCUT2D eigenvalue weighted by Gasteiger charge is 2.58. The van der Waals surface area contributed by atoms with Gasteiger partial charge >= 0.3 is 0 Å². The number of anilines is 2. The first kappa shape index (κ1) is 19.6. The smallest absolute Gasteiger partial charge is 0.259 e. The van der Waals surface area contributed by atoms with Gasteiger partial charge < -0.3 is 0 Å². The average Bonchev–Trinajstić information content (AvgIpc) is 3.18. The van der Waals surface area contributed by atoms with Gasteiger partial charge in [-0.05, 0) is 49.2 Å². The first-order valence-corrected chi connectivity index (χ1v) is 9.76. The molecule has 148 valence electrons. The highest BCUT2D eigenvalue weighted by molar-refractivity contribution is 6.49. The lowest BCUT2D eigenvalue weighted by Crippen LogP contribution is -2.39. The Morgan fingerprint density at radius 2 is 1.48 bits per heavy atom. The minimum atomic E-state index is -0.975. The van der Waals surface area contributed by atoms with E-state index in [1.807, 2.05) is 0 Å². The van der Waals surface area contributed by atoms with Crippen LogP contribution in [0.2, 0.25) is 10.0 Å². The van der Waals surface area contributed by atoms with Crippen molar-refractivity contribution in [1.29, 1.82) is 0 Å². The fraction of sp³-hybridized carbons (Fsp3) is 0.238. The molecule has 1 saturated heterocycles. The molecule has 0 spiro atoms.